The van der Waals surface area contributed by atoms with Crippen molar-refractivity contribution in [1.82, 2.24) is 4.90 Å². The van der Waals surface area contributed by atoms with E-state index in [1.807, 2.05) is 38.1 Å². The fourth-order valence-electron chi connectivity index (χ4n) is 2.65. The van der Waals surface area contributed by atoms with Crippen molar-refractivity contribution in [2.75, 3.05) is 13.1 Å². The predicted molar refractivity (Wildman–Crippen MR) is 89.7 cm³/mol. The van der Waals surface area contributed by atoms with Gasteiger partial charge in [0.05, 0.1) is 12.0 Å². The number of carbonyl (C=O) groups is 2. The third kappa shape index (κ3) is 5.13. The van der Waals surface area contributed by atoms with E-state index in [2.05, 4.69) is 0 Å². The minimum Gasteiger partial charge on any atom is -0.491 e. The first-order valence-electron chi connectivity index (χ1n) is 7.98. The van der Waals surface area contributed by atoms with Crippen LogP contribution in [0.2, 0.25) is 0 Å². The maximum absolute atomic E-state index is 12.3. The molecule has 1 saturated heterocycles. The number of nitrogens with zero attached hydrogens (tertiary/aromatic N) is 1. The summed E-state index contributed by atoms with van der Waals surface area (Å²) in [4.78, 5) is 25.2. The van der Waals surface area contributed by atoms with Crippen LogP contribution in [0.5, 0.6) is 5.75 Å². The Morgan fingerprint density at radius 3 is 2.87 bits per heavy atom. The lowest BCUT2D eigenvalue weighted by molar-refractivity contribution is -0.130. The number of ether oxygens (including phenoxy) is 1. The van der Waals surface area contributed by atoms with Gasteiger partial charge in [-0.1, -0.05) is 12.1 Å². The first kappa shape index (κ1) is 17.1. The summed E-state index contributed by atoms with van der Waals surface area (Å²) in [5.74, 6) is 0.126. The third-order valence-corrected chi connectivity index (χ3v) is 3.78. The zero-order chi connectivity index (χ0) is 16.8. The average Bonchev–Trinajstić information content (AvgIpc) is 2.52. The highest BCUT2D eigenvalue weighted by molar-refractivity contribution is 5.92. The molecule has 1 aromatic carbocycles. The molecular formula is C18H24N2O3. The van der Waals surface area contributed by atoms with Crippen molar-refractivity contribution in [1.29, 1.82) is 0 Å². The molecular weight excluding hydrogens is 292 g/mol. The average molecular weight is 316 g/mol. The van der Waals surface area contributed by atoms with E-state index in [-0.39, 0.29) is 23.8 Å². The van der Waals surface area contributed by atoms with Gasteiger partial charge in [-0.15, -0.1) is 0 Å². The number of primary amides is 1. The van der Waals surface area contributed by atoms with Crippen LogP contribution >= 0.6 is 0 Å². The van der Waals surface area contributed by atoms with Crippen molar-refractivity contribution in [2.45, 2.75) is 32.8 Å². The minimum atomic E-state index is -0.329. The normalized spacial score (nSPS) is 18.4. The van der Waals surface area contributed by atoms with Crippen LogP contribution in [-0.2, 0) is 9.59 Å². The van der Waals surface area contributed by atoms with E-state index in [1.165, 1.54) is 6.08 Å². The molecule has 1 aliphatic heterocycles. The molecule has 0 saturated carbocycles. The maximum atomic E-state index is 12.3. The minimum absolute atomic E-state index is 0.0915. The molecule has 2 rings (SSSR count). The summed E-state index contributed by atoms with van der Waals surface area (Å²) in [6.07, 6.45) is 4.98. The van der Waals surface area contributed by atoms with Crippen molar-refractivity contribution in [2.24, 2.45) is 11.7 Å². The highest BCUT2D eigenvalue weighted by Gasteiger charge is 2.25. The van der Waals surface area contributed by atoms with Crippen molar-refractivity contribution >= 4 is 17.9 Å². The van der Waals surface area contributed by atoms with Gasteiger partial charge < -0.3 is 15.4 Å². The number of nitrogens with two attached hydrogens (primary N) is 1. The Morgan fingerprint density at radius 1 is 1.39 bits per heavy atom. The van der Waals surface area contributed by atoms with E-state index in [0.29, 0.717) is 13.1 Å². The molecule has 1 atom stereocenters. The fourth-order valence-corrected chi connectivity index (χ4v) is 2.65. The van der Waals surface area contributed by atoms with Crippen LogP contribution in [0.15, 0.2) is 30.3 Å². The molecule has 2 N–H and O–H groups in total. The number of benzene rings is 1. The Bertz CT molecular complexity index is 596. The molecule has 1 heterocycles. The second-order valence-electron chi connectivity index (χ2n) is 6.10. The zero-order valence-electron chi connectivity index (χ0n) is 13.7. The lowest BCUT2D eigenvalue weighted by atomic mass is 9.97. The lowest BCUT2D eigenvalue weighted by Crippen LogP contribution is -2.43. The van der Waals surface area contributed by atoms with Crippen LogP contribution in [-0.4, -0.2) is 35.9 Å². The van der Waals surface area contributed by atoms with Crippen LogP contribution in [0.1, 0.15) is 32.3 Å². The first-order chi connectivity index (χ1) is 11.0. The van der Waals surface area contributed by atoms with Gasteiger partial charge in [-0.25, -0.2) is 0 Å². The molecule has 23 heavy (non-hydrogen) atoms. The molecule has 1 fully saturated rings. The van der Waals surface area contributed by atoms with Crippen molar-refractivity contribution in [3.63, 3.8) is 0 Å². The van der Waals surface area contributed by atoms with E-state index in [4.69, 9.17) is 10.5 Å². The summed E-state index contributed by atoms with van der Waals surface area (Å²) in [6.45, 7) is 5.02. The lowest BCUT2D eigenvalue weighted by Gasteiger charge is -2.30. The topological polar surface area (TPSA) is 72.6 Å². The molecule has 0 spiro atoms. The molecule has 124 valence electrons. The number of rotatable bonds is 5. The van der Waals surface area contributed by atoms with Crippen LogP contribution in [0.25, 0.3) is 6.08 Å². The van der Waals surface area contributed by atoms with Gasteiger partial charge in [-0.2, -0.15) is 0 Å². The van der Waals surface area contributed by atoms with Crippen LogP contribution in [0.4, 0.5) is 0 Å². The number of carbonyl (C=O) groups excluding carboxylic acids is 2. The Kier molecular flexibility index (Phi) is 5.79. The standard InChI is InChI=1S/C18H24N2O3/c1-13(2)23-16-7-3-5-14(11-16)8-9-17(21)20-10-4-6-15(12-20)18(19)22/h3,5,7-9,11,13,15H,4,6,10,12H2,1-2H3,(H2,19,22)/b9-8+/t15-/m0/s1. The van der Waals surface area contributed by atoms with E-state index in [1.54, 1.807) is 11.0 Å². The molecule has 0 unspecified atom stereocenters. The van der Waals surface area contributed by atoms with Gasteiger partial charge in [0.2, 0.25) is 11.8 Å². The Labute approximate surface area is 137 Å². The van der Waals surface area contributed by atoms with E-state index in [9.17, 15) is 9.59 Å². The molecule has 0 bridgehead atoms. The summed E-state index contributed by atoms with van der Waals surface area (Å²) >= 11 is 0. The highest BCUT2D eigenvalue weighted by Crippen LogP contribution is 2.18. The predicted octanol–water partition coefficient (Wildman–Crippen LogP) is 2.21. The van der Waals surface area contributed by atoms with Crippen LogP contribution in [0, 0.1) is 5.92 Å². The smallest absolute Gasteiger partial charge is 0.246 e. The number of amides is 2. The van der Waals surface area contributed by atoms with Gasteiger partial charge in [0.15, 0.2) is 0 Å². The zero-order valence-corrected chi connectivity index (χ0v) is 13.7. The van der Waals surface area contributed by atoms with E-state index in [0.717, 1.165) is 24.2 Å². The van der Waals surface area contributed by atoms with Crippen molar-refractivity contribution in [3.05, 3.63) is 35.9 Å². The fraction of sp³-hybridized carbons (Fsp3) is 0.444. The molecule has 0 radical (unpaired) electrons. The molecule has 5 heteroatoms. The largest absolute Gasteiger partial charge is 0.491 e. The number of hydrogen-bond donors (Lipinski definition) is 1. The second kappa shape index (κ2) is 7.81. The van der Waals surface area contributed by atoms with Gasteiger partial charge in [0.25, 0.3) is 0 Å². The van der Waals surface area contributed by atoms with Gasteiger partial charge in [0, 0.05) is 19.2 Å². The Morgan fingerprint density at radius 2 is 2.17 bits per heavy atom. The van der Waals surface area contributed by atoms with Crippen LogP contribution in [0.3, 0.4) is 0 Å². The highest BCUT2D eigenvalue weighted by atomic mass is 16.5. The van der Waals surface area contributed by atoms with Crippen molar-refractivity contribution < 1.29 is 14.3 Å². The van der Waals surface area contributed by atoms with Gasteiger partial charge in [-0.3, -0.25) is 9.59 Å². The van der Waals surface area contributed by atoms with Gasteiger partial charge >= 0.3 is 0 Å². The molecule has 5 nitrogen and oxygen atoms in total. The van der Waals surface area contributed by atoms with Crippen molar-refractivity contribution in [3.8, 4) is 5.75 Å². The third-order valence-electron chi connectivity index (χ3n) is 3.78. The summed E-state index contributed by atoms with van der Waals surface area (Å²) in [7, 11) is 0. The number of piperidine rings is 1. The SMILES string of the molecule is CC(C)Oc1cccc(/C=C/C(=O)N2CCC[C@H](C(N)=O)C2)c1. The summed E-state index contributed by atoms with van der Waals surface area (Å²) in [5.41, 5.74) is 6.24. The van der Waals surface area contributed by atoms with E-state index >= 15 is 0 Å². The quantitative estimate of drug-likeness (QED) is 0.847. The summed E-state index contributed by atoms with van der Waals surface area (Å²) in [6, 6.07) is 7.60. The molecule has 2 amide bonds. The maximum Gasteiger partial charge on any atom is 0.246 e. The Balaban J connectivity index is 1.99. The van der Waals surface area contributed by atoms with Gasteiger partial charge in [-0.05, 0) is 50.5 Å². The second-order valence-corrected chi connectivity index (χ2v) is 6.10. The van der Waals surface area contributed by atoms with Gasteiger partial charge in [0.1, 0.15) is 5.75 Å². The monoisotopic (exact) mass is 316 g/mol. The van der Waals surface area contributed by atoms with E-state index < -0.39 is 0 Å². The summed E-state index contributed by atoms with van der Waals surface area (Å²) in [5, 5.41) is 0. The number of hydrogen-bond acceptors (Lipinski definition) is 3. The molecule has 0 aromatic heterocycles. The Hall–Kier alpha value is -2.30. The summed E-state index contributed by atoms with van der Waals surface area (Å²) < 4.78 is 5.64. The molecule has 1 aliphatic rings. The molecule has 0 aliphatic carbocycles. The number of likely N-dealkylation sites (tertiary alicyclic amines) is 1. The first-order valence-corrected chi connectivity index (χ1v) is 7.98. The molecule has 1 aromatic rings. The van der Waals surface area contributed by atoms with Crippen LogP contribution < -0.4 is 10.5 Å².